The van der Waals surface area contributed by atoms with E-state index in [2.05, 4.69) is 27.6 Å². The van der Waals surface area contributed by atoms with E-state index >= 15 is 0 Å². The molecular formula is C10H8INOS. The summed E-state index contributed by atoms with van der Waals surface area (Å²) in [4.78, 5) is 4.29. The van der Waals surface area contributed by atoms with Gasteiger partial charge in [0.2, 0.25) is 0 Å². The van der Waals surface area contributed by atoms with Crippen molar-refractivity contribution >= 4 is 33.9 Å². The van der Waals surface area contributed by atoms with E-state index in [1.54, 1.807) is 0 Å². The molecule has 0 aliphatic rings. The van der Waals surface area contributed by atoms with Crippen LogP contribution in [0.4, 0.5) is 0 Å². The highest BCUT2D eigenvalue weighted by Crippen LogP contribution is 2.22. The van der Waals surface area contributed by atoms with E-state index in [1.165, 1.54) is 14.9 Å². The van der Waals surface area contributed by atoms with Crippen LogP contribution >= 0.6 is 33.9 Å². The lowest BCUT2D eigenvalue weighted by atomic mass is 10.2. The number of aliphatic hydroxyl groups excluding tert-OH is 1. The highest BCUT2D eigenvalue weighted by Gasteiger charge is 2.02. The van der Waals surface area contributed by atoms with Gasteiger partial charge in [-0.05, 0) is 34.7 Å². The van der Waals surface area contributed by atoms with Crippen LogP contribution in [-0.4, -0.2) is 10.1 Å². The molecule has 72 valence electrons. The normalized spacial score (nSPS) is 10.4. The Labute approximate surface area is 99.8 Å². The van der Waals surface area contributed by atoms with Crippen molar-refractivity contribution in [3.05, 3.63) is 38.2 Å². The maximum atomic E-state index is 8.89. The van der Waals surface area contributed by atoms with E-state index in [9.17, 15) is 0 Å². The van der Waals surface area contributed by atoms with Crippen LogP contribution in [0.5, 0.6) is 0 Å². The second-order valence-corrected chi connectivity index (χ2v) is 4.98. The molecule has 1 aromatic heterocycles. The number of hydrogen-bond donors (Lipinski definition) is 1. The molecule has 0 unspecified atom stereocenters. The van der Waals surface area contributed by atoms with E-state index in [4.69, 9.17) is 5.11 Å². The van der Waals surface area contributed by atoms with Gasteiger partial charge in [0.05, 0.1) is 12.3 Å². The number of benzene rings is 1. The van der Waals surface area contributed by atoms with E-state index < -0.39 is 0 Å². The monoisotopic (exact) mass is 317 g/mol. The van der Waals surface area contributed by atoms with Crippen molar-refractivity contribution in [2.45, 2.75) is 6.61 Å². The smallest absolute Gasteiger partial charge is 0.119 e. The van der Waals surface area contributed by atoms with Gasteiger partial charge in [-0.1, -0.05) is 12.1 Å². The molecule has 0 radical (unpaired) electrons. The maximum Gasteiger partial charge on any atom is 0.119 e. The van der Waals surface area contributed by atoms with Crippen molar-refractivity contribution in [1.29, 1.82) is 0 Å². The van der Waals surface area contributed by atoms with Crippen molar-refractivity contribution in [2.24, 2.45) is 0 Å². The first kappa shape index (κ1) is 10.1. The third kappa shape index (κ3) is 2.13. The molecule has 0 bridgehead atoms. The van der Waals surface area contributed by atoms with Crippen molar-refractivity contribution in [3.63, 3.8) is 0 Å². The van der Waals surface area contributed by atoms with Gasteiger partial charge in [0.1, 0.15) is 5.01 Å². The van der Waals surface area contributed by atoms with Gasteiger partial charge < -0.3 is 5.11 Å². The highest BCUT2D eigenvalue weighted by molar-refractivity contribution is 14.1. The largest absolute Gasteiger partial charge is 0.389 e. The first-order valence-corrected chi connectivity index (χ1v) is 6.06. The average Bonchev–Trinajstić information content (AvgIpc) is 2.67. The van der Waals surface area contributed by atoms with Crippen molar-refractivity contribution in [2.75, 3.05) is 0 Å². The van der Waals surface area contributed by atoms with Crippen LogP contribution in [0.3, 0.4) is 0 Å². The fourth-order valence-corrected chi connectivity index (χ4v) is 2.16. The molecule has 1 aromatic carbocycles. The summed E-state index contributed by atoms with van der Waals surface area (Å²) in [5.41, 5.74) is 2.04. The van der Waals surface area contributed by atoms with Crippen LogP contribution in [0, 0.1) is 3.57 Å². The molecular weight excluding hydrogens is 309 g/mol. The minimum atomic E-state index is 0.0229. The van der Waals surface area contributed by atoms with Gasteiger partial charge in [-0.3, -0.25) is 0 Å². The summed E-state index contributed by atoms with van der Waals surface area (Å²) in [6.07, 6.45) is 0. The molecule has 2 nitrogen and oxygen atoms in total. The SMILES string of the molecule is OCc1nc(-c2ccc(I)cc2)cs1. The standard InChI is InChI=1S/C10H8INOS/c11-8-3-1-7(2-4-8)9-6-14-10(5-13)12-9/h1-4,6,13H,5H2. The second kappa shape index (κ2) is 4.37. The van der Waals surface area contributed by atoms with Gasteiger partial charge in [-0.2, -0.15) is 0 Å². The Morgan fingerprint density at radius 1 is 1.29 bits per heavy atom. The van der Waals surface area contributed by atoms with E-state index in [1.807, 2.05) is 29.6 Å². The zero-order chi connectivity index (χ0) is 9.97. The average molecular weight is 317 g/mol. The first-order chi connectivity index (χ1) is 6.79. The van der Waals surface area contributed by atoms with Crippen LogP contribution in [-0.2, 0) is 6.61 Å². The molecule has 0 saturated heterocycles. The van der Waals surface area contributed by atoms with E-state index in [0.717, 1.165) is 16.3 Å². The predicted octanol–water partition coefficient (Wildman–Crippen LogP) is 2.91. The van der Waals surface area contributed by atoms with Gasteiger partial charge >= 0.3 is 0 Å². The summed E-state index contributed by atoms with van der Waals surface area (Å²) in [5, 5.41) is 11.6. The maximum absolute atomic E-state index is 8.89. The summed E-state index contributed by atoms with van der Waals surface area (Å²) in [7, 11) is 0. The molecule has 1 N–H and O–H groups in total. The van der Waals surface area contributed by atoms with E-state index in [-0.39, 0.29) is 6.61 Å². The topological polar surface area (TPSA) is 33.1 Å². The summed E-state index contributed by atoms with van der Waals surface area (Å²) in [5.74, 6) is 0. The molecule has 0 saturated carbocycles. The molecule has 0 amide bonds. The minimum absolute atomic E-state index is 0.0229. The van der Waals surface area contributed by atoms with Crippen molar-refractivity contribution in [3.8, 4) is 11.3 Å². The Hall–Kier alpha value is -0.460. The van der Waals surface area contributed by atoms with Gasteiger partial charge in [0.25, 0.3) is 0 Å². The molecule has 2 aromatic rings. The van der Waals surface area contributed by atoms with Gasteiger partial charge in [-0.15, -0.1) is 11.3 Å². The molecule has 14 heavy (non-hydrogen) atoms. The third-order valence-electron chi connectivity index (χ3n) is 1.83. The second-order valence-electron chi connectivity index (χ2n) is 2.79. The predicted molar refractivity (Wildman–Crippen MR) is 66.2 cm³/mol. The number of rotatable bonds is 2. The fraction of sp³-hybridized carbons (Fsp3) is 0.100. The lowest BCUT2D eigenvalue weighted by Crippen LogP contribution is -1.82. The number of aromatic nitrogens is 1. The van der Waals surface area contributed by atoms with Crippen LogP contribution in [0.1, 0.15) is 5.01 Å². The van der Waals surface area contributed by atoms with Gasteiger partial charge in [-0.25, -0.2) is 4.98 Å². The number of aliphatic hydroxyl groups is 1. The van der Waals surface area contributed by atoms with Gasteiger partial charge in [0.15, 0.2) is 0 Å². The molecule has 0 atom stereocenters. The summed E-state index contributed by atoms with van der Waals surface area (Å²) < 4.78 is 1.21. The number of hydrogen-bond acceptors (Lipinski definition) is 3. The third-order valence-corrected chi connectivity index (χ3v) is 3.38. The highest BCUT2D eigenvalue weighted by atomic mass is 127. The molecule has 0 aliphatic carbocycles. The zero-order valence-electron chi connectivity index (χ0n) is 7.27. The summed E-state index contributed by atoms with van der Waals surface area (Å²) in [6.45, 7) is 0.0229. The summed E-state index contributed by atoms with van der Waals surface area (Å²) in [6, 6.07) is 8.18. The molecule has 0 spiro atoms. The van der Waals surface area contributed by atoms with Gasteiger partial charge in [0, 0.05) is 14.5 Å². The lowest BCUT2D eigenvalue weighted by molar-refractivity contribution is 0.281. The molecule has 1 heterocycles. The Balaban J connectivity index is 2.34. The molecule has 4 heteroatoms. The Kier molecular flexibility index (Phi) is 3.15. The van der Waals surface area contributed by atoms with Crippen LogP contribution < -0.4 is 0 Å². The van der Waals surface area contributed by atoms with Crippen LogP contribution in [0.25, 0.3) is 11.3 Å². The zero-order valence-corrected chi connectivity index (χ0v) is 10.2. The van der Waals surface area contributed by atoms with Crippen molar-refractivity contribution < 1.29 is 5.11 Å². The van der Waals surface area contributed by atoms with Crippen molar-refractivity contribution in [1.82, 2.24) is 4.98 Å². The Morgan fingerprint density at radius 2 is 2.00 bits per heavy atom. The number of halogens is 1. The minimum Gasteiger partial charge on any atom is -0.389 e. The molecule has 0 aliphatic heterocycles. The fourth-order valence-electron chi connectivity index (χ4n) is 1.14. The first-order valence-electron chi connectivity index (χ1n) is 4.11. The van der Waals surface area contributed by atoms with Crippen LogP contribution in [0.2, 0.25) is 0 Å². The Bertz CT molecular complexity index is 424. The molecule has 0 fully saturated rings. The number of thiazole rings is 1. The summed E-state index contributed by atoms with van der Waals surface area (Å²) >= 11 is 3.76. The number of nitrogens with zero attached hydrogens (tertiary/aromatic N) is 1. The van der Waals surface area contributed by atoms with E-state index in [0.29, 0.717) is 0 Å². The quantitative estimate of drug-likeness (QED) is 0.864. The van der Waals surface area contributed by atoms with Crippen LogP contribution in [0.15, 0.2) is 29.6 Å². The lowest BCUT2D eigenvalue weighted by Gasteiger charge is -1.95. The molecule has 2 rings (SSSR count). The Morgan fingerprint density at radius 3 is 2.57 bits per heavy atom.